The number of nitrogens with one attached hydrogen (secondary N) is 4. The van der Waals surface area contributed by atoms with E-state index in [4.69, 9.17) is 4.74 Å². The van der Waals surface area contributed by atoms with Crippen molar-refractivity contribution in [3.63, 3.8) is 0 Å². The van der Waals surface area contributed by atoms with E-state index in [0.717, 1.165) is 35.3 Å². The maximum atomic E-state index is 13.4. The second kappa shape index (κ2) is 18.8. The number of aryl methyl sites for hydroxylation is 1. The quantitative estimate of drug-likeness (QED) is 0.120. The molecule has 0 bridgehead atoms. The lowest BCUT2D eigenvalue weighted by molar-refractivity contribution is -0.136. The van der Waals surface area contributed by atoms with Gasteiger partial charge in [-0.15, -0.1) is 10.2 Å². The zero-order valence-electron chi connectivity index (χ0n) is 37.1. The normalized spacial score (nSPS) is 17.6. The number of hydrogen-bond acceptors (Lipinski definition) is 18. The molecule has 9 rings (SSSR count). The van der Waals surface area contributed by atoms with Crippen LogP contribution in [0.4, 0.5) is 34.5 Å². The van der Waals surface area contributed by atoms with Gasteiger partial charge in [0.05, 0.1) is 35.2 Å². The van der Waals surface area contributed by atoms with E-state index in [1.165, 1.54) is 14.2 Å². The lowest BCUT2D eigenvalue weighted by Gasteiger charge is -2.38. The molecule has 6 amide bonds. The van der Waals surface area contributed by atoms with Crippen molar-refractivity contribution >= 4 is 70.0 Å². The highest BCUT2D eigenvalue weighted by atomic mass is 16.5. The summed E-state index contributed by atoms with van der Waals surface area (Å²) in [4.78, 5) is 100.0. The van der Waals surface area contributed by atoms with Crippen LogP contribution in [0.2, 0.25) is 0 Å². The molecule has 0 spiro atoms. The number of methoxy groups -OCH3 is 1. The Morgan fingerprint density at radius 3 is 2.21 bits per heavy atom. The first-order chi connectivity index (χ1) is 32.5. The number of anilines is 6. The van der Waals surface area contributed by atoms with Crippen molar-refractivity contribution in [2.75, 3.05) is 98.4 Å². The molecule has 0 saturated carbocycles. The Hall–Kier alpha value is -8.08. The minimum Gasteiger partial charge on any atom is -0.494 e. The SMILES string of the molecule is CNC(=O)c1nnc(NC(=O)CCN2CCN(c3cc(N4CCN(c5ccc6c(c5)C(=O)N(C5CCC(=O)NC5=O)C6=O)CC4)ncn3)CC2)cc1Nc1cccc(-c2ncn(C)n2)c1OC. The minimum absolute atomic E-state index is 0.0231. The molecule has 346 valence electrons. The molecule has 1 atom stereocenters. The van der Waals surface area contributed by atoms with Crippen LogP contribution < -0.4 is 40.7 Å². The number of fused-ring (bicyclic) bond motifs is 1. The number of para-hydroxylation sites is 1. The molecule has 5 aromatic rings. The first-order valence-electron chi connectivity index (χ1n) is 21.8. The zero-order chi connectivity index (χ0) is 46.8. The summed E-state index contributed by atoms with van der Waals surface area (Å²) in [6.45, 7) is 5.97. The lowest BCUT2D eigenvalue weighted by atomic mass is 10.0. The molecule has 3 fully saturated rings. The third-order valence-electron chi connectivity index (χ3n) is 12.2. The fraction of sp³-hybridized carbons (Fsp3) is 0.364. The van der Waals surface area contributed by atoms with Crippen LogP contribution in [0.1, 0.15) is 50.5 Å². The molecule has 4 aliphatic rings. The smallest absolute Gasteiger partial charge is 0.273 e. The fourth-order valence-electron chi connectivity index (χ4n) is 8.67. The van der Waals surface area contributed by atoms with Gasteiger partial charge in [0, 0.05) is 104 Å². The van der Waals surface area contributed by atoms with Gasteiger partial charge in [0.2, 0.25) is 17.7 Å². The minimum atomic E-state index is -1.01. The van der Waals surface area contributed by atoms with Crippen molar-refractivity contribution in [2.45, 2.75) is 25.3 Å². The maximum Gasteiger partial charge on any atom is 0.273 e. The van der Waals surface area contributed by atoms with Gasteiger partial charge in [-0.2, -0.15) is 5.10 Å². The van der Waals surface area contributed by atoms with E-state index >= 15 is 0 Å². The summed E-state index contributed by atoms with van der Waals surface area (Å²) in [6, 6.07) is 13.1. The summed E-state index contributed by atoms with van der Waals surface area (Å²) in [5.74, 6) is -0.137. The number of ether oxygens (including phenoxy) is 1. The Kier molecular flexibility index (Phi) is 12.4. The molecule has 67 heavy (non-hydrogen) atoms. The molecular formula is C44H48N16O7. The first kappa shape index (κ1) is 44.1. The van der Waals surface area contributed by atoms with Gasteiger partial charge in [-0.25, -0.2) is 15.0 Å². The molecule has 3 aromatic heterocycles. The highest BCUT2D eigenvalue weighted by Gasteiger charge is 2.45. The molecule has 2 aromatic carbocycles. The van der Waals surface area contributed by atoms with Crippen LogP contribution in [0.15, 0.2) is 61.2 Å². The Morgan fingerprint density at radius 2 is 1.52 bits per heavy atom. The number of piperidine rings is 1. The summed E-state index contributed by atoms with van der Waals surface area (Å²) < 4.78 is 7.32. The third-order valence-corrected chi connectivity index (χ3v) is 12.2. The van der Waals surface area contributed by atoms with E-state index in [1.54, 1.807) is 48.6 Å². The number of carbonyl (C=O) groups excluding carboxylic acids is 6. The van der Waals surface area contributed by atoms with Crippen molar-refractivity contribution in [3.8, 4) is 17.1 Å². The van der Waals surface area contributed by atoms with Gasteiger partial charge in [0.1, 0.15) is 30.3 Å². The van der Waals surface area contributed by atoms with Gasteiger partial charge in [-0.3, -0.25) is 48.6 Å². The Bertz CT molecular complexity index is 2770. The Balaban J connectivity index is 0.761. The van der Waals surface area contributed by atoms with E-state index in [1.807, 2.05) is 24.3 Å². The average molecular weight is 913 g/mol. The van der Waals surface area contributed by atoms with Gasteiger partial charge in [-0.05, 0) is 36.8 Å². The van der Waals surface area contributed by atoms with E-state index < -0.39 is 35.6 Å². The van der Waals surface area contributed by atoms with Crippen LogP contribution in [0.5, 0.6) is 5.75 Å². The number of nitrogens with zero attached hydrogens (tertiary/aromatic N) is 12. The van der Waals surface area contributed by atoms with Crippen LogP contribution >= 0.6 is 0 Å². The average Bonchev–Trinajstić information content (AvgIpc) is 3.89. The largest absolute Gasteiger partial charge is 0.494 e. The van der Waals surface area contributed by atoms with Gasteiger partial charge < -0.3 is 35.4 Å². The van der Waals surface area contributed by atoms with Crippen molar-refractivity contribution < 1.29 is 33.5 Å². The van der Waals surface area contributed by atoms with Crippen molar-refractivity contribution in [2.24, 2.45) is 7.05 Å². The van der Waals surface area contributed by atoms with Crippen LogP contribution in [-0.4, -0.2) is 159 Å². The zero-order valence-corrected chi connectivity index (χ0v) is 37.1. The molecule has 4 aliphatic heterocycles. The number of benzene rings is 2. The van der Waals surface area contributed by atoms with Crippen LogP contribution in [0.3, 0.4) is 0 Å². The molecule has 23 heteroatoms. The summed E-state index contributed by atoms with van der Waals surface area (Å²) in [7, 11) is 4.79. The number of hydrogen-bond donors (Lipinski definition) is 4. The molecule has 1 unspecified atom stereocenters. The second-order valence-electron chi connectivity index (χ2n) is 16.3. The van der Waals surface area contributed by atoms with Crippen molar-refractivity contribution in [3.05, 3.63) is 78.0 Å². The Morgan fingerprint density at radius 1 is 0.806 bits per heavy atom. The number of carbonyl (C=O) groups is 6. The van der Waals surface area contributed by atoms with Gasteiger partial charge >= 0.3 is 0 Å². The van der Waals surface area contributed by atoms with Gasteiger partial charge in [0.15, 0.2) is 23.1 Å². The van der Waals surface area contributed by atoms with Crippen LogP contribution in [-0.2, 0) is 21.4 Å². The number of rotatable bonds is 13. The van der Waals surface area contributed by atoms with Crippen LogP contribution in [0.25, 0.3) is 11.4 Å². The first-order valence-corrected chi connectivity index (χ1v) is 21.8. The number of amides is 6. The highest BCUT2D eigenvalue weighted by Crippen LogP contribution is 2.37. The predicted molar refractivity (Wildman–Crippen MR) is 243 cm³/mol. The summed E-state index contributed by atoms with van der Waals surface area (Å²) >= 11 is 0. The van der Waals surface area contributed by atoms with E-state index in [0.29, 0.717) is 74.3 Å². The van der Waals surface area contributed by atoms with E-state index in [9.17, 15) is 28.8 Å². The summed E-state index contributed by atoms with van der Waals surface area (Å²) in [5, 5.41) is 23.5. The number of aromatic nitrogens is 7. The molecule has 23 nitrogen and oxygen atoms in total. The molecule has 4 N–H and O–H groups in total. The van der Waals surface area contributed by atoms with Crippen molar-refractivity contribution in [1.29, 1.82) is 0 Å². The molecule has 0 aliphatic carbocycles. The standard InChI is InChI=1S/C44H48N16O7/c1-45-42(64)38-31(49-30-6-4-5-28(39(30)67-3)40-48-25-55(2)54-40)22-33(52-53-38)50-37(62)11-12-56-13-15-58(16-14-56)34-23-35(47-24-46-34)59-19-17-57(18-20-59)26-7-8-27-29(21-26)44(66)60(43(27)65)32-9-10-36(61)51-41(32)63/h4-8,21-25,32H,9-20H2,1-3H3,(H,45,64)(H,51,61,63)(H2,49,50,52,62). The third kappa shape index (κ3) is 9.12. The molecule has 7 heterocycles. The highest BCUT2D eigenvalue weighted by molar-refractivity contribution is 6.23. The van der Waals surface area contributed by atoms with E-state index in [2.05, 4.69) is 71.1 Å². The summed E-state index contributed by atoms with van der Waals surface area (Å²) in [5.41, 5.74) is 2.79. The second-order valence-corrected chi connectivity index (χ2v) is 16.3. The fourth-order valence-corrected chi connectivity index (χ4v) is 8.67. The topological polar surface area (TPSA) is 258 Å². The molecule has 3 saturated heterocycles. The van der Waals surface area contributed by atoms with Crippen molar-refractivity contribution in [1.82, 2.24) is 55.4 Å². The van der Waals surface area contributed by atoms with Gasteiger partial charge in [-0.1, -0.05) is 6.07 Å². The summed E-state index contributed by atoms with van der Waals surface area (Å²) in [6.07, 6.45) is 3.53. The van der Waals surface area contributed by atoms with Crippen LogP contribution in [0, 0.1) is 0 Å². The Labute approximate surface area is 383 Å². The molecule has 0 radical (unpaired) electrons. The number of imide groups is 2. The molecular weight excluding hydrogens is 865 g/mol. The number of piperazine rings is 2. The maximum absolute atomic E-state index is 13.4. The lowest BCUT2D eigenvalue weighted by Crippen LogP contribution is -2.54. The monoisotopic (exact) mass is 912 g/mol. The van der Waals surface area contributed by atoms with Gasteiger partial charge in [0.25, 0.3) is 17.7 Å². The van der Waals surface area contributed by atoms with E-state index in [-0.39, 0.29) is 47.8 Å². The predicted octanol–water partition coefficient (Wildman–Crippen LogP) is 1.05.